The van der Waals surface area contributed by atoms with E-state index in [1.165, 1.54) is 0 Å². The molecule has 0 aromatic carbocycles. The number of H-pyrrole nitrogens is 1. The third-order valence-corrected chi connectivity index (χ3v) is 2.66. The van der Waals surface area contributed by atoms with Crippen LogP contribution in [0.5, 0.6) is 0 Å². The zero-order chi connectivity index (χ0) is 9.59. The number of rotatable bonds is 1. The highest BCUT2D eigenvalue weighted by molar-refractivity contribution is 6.34. The predicted molar refractivity (Wildman–Crippen MR) is 46.0 cm³/mol. The van der Waals surface area contributed by atoms with E-state index >= 15 is 0 Å². The van der Waals surface area contributed by atoms with Crippen LogP contribution in [-0.4, -0.2) is 21.2 Å². The SMILES string of the molecule is O=C(O)c1[nH]c2c(c1Cl)C(O)CC2. The van der Waals surface area contributed by atoms with Gasteiger partial charge in [0.25, 0.3) is 0 Å². The van der Waals surface area contributed by atoms with Crippen molar-refractivity contribution in [1.82, 2.24) is 4.98 Å². The van der Waals surface area contributed by atoms with Gasteiger partial charge in [-0.25, -0.2) is 4.79 Å². The summed E-state index contributed by atoms with van der Waals surface area (Å²) in [5.74, 6) is -1.09. The number of aryl methyl sites for hydroxylation is 1. The number of fused-ring (bicyclic) bond motifs is 1. The Morgan fingerprint density at radius 1 is 1.62 bits per heavy atom. The first-order valence-electron chi connectivity index (χ1n) is 3.93. The Bertz CT molecular complexity index is 372. The molecule has 1 aromatic heterocycles. The van der Waals surface area contributed by atoms with E-state index in [-0.39, 0.29) is 10.7 Å². The first-order chi connectivity index (χ1) is 6.11. The van der Waals surface area contributed by atoms with E-state index in [1.54, 1.807) is 0 Å². The number of hydrogen-bond acceptors (Lipinski definition) is 2. The lowest BCUT2D eigenvalue weighted by Crippen LogP contribution is -1.99. The molecule has 1 unspecified atom stereocenters. The largest absolute Gasteiger partial charge is 0.477 e. The Kier molecular flexibility index (Phi) is 1.82. The van der Waals surface area contributed by atoms with Gasteiger partial charge < -0.3 is 15.2 Å². The van der Waals surface area contributed by atoms with Crippen LogP contribution >= 0.6 is 11.6 Å². The predicted octanol–water partition coefficient (Wildman–Crippen LogP) is 1.35. The summed E-state index contributed by atoms with van der Waals surface area (Å²) in [6.07, 6.45) is 0.649. The second-order valence-electron chi connectivity index (χ2n) is 3.07. The average Bonchev–Trinajstić information content (AvgIpc) is 2.55. The molecule has 1 atom stereocenters. The molecule has 0 amide bonds. The van der Waals surface area contributed by atoms with Gasteiger partial charge >= 0.3 is 5.97 Å². The fourth-order valence-electron chi connectivity index (χ4n) is 1.66. The van der Waals surface area contributed by atoms with E-state index in [9.17, 15) is 9.90 Å². The van der Waals surface area contributed by atoms with Crippen LogP contribution in [0.25, 0.3) is 0 Å². The zero-order valence-electron chi connectivity index (χ0n) is 6.67. The maximum Gasteiger partial charge on any atom is 0.353 e. The number of aromatic carboxylic acids is 1. The first-order valence-corrected chi connectivity index (χ1v) is 4.30. The summed E-state index contributed by atoms with van der Waals surface area (Å²) in [5, 5.41) is 18.3. The highest BCUT2D eigenvalue weighted by Crippen LogP contribution is 2.38. The van der Waals surface area contributed by atoms with Gasteiger partial charge in [0.2, 0.25) is 0 Å². The van der Waals surface area contributed by atoms with Crippen LogP contribution in [0.3, 0.4) is 0 Å². The number of aliphatic hydroxyl groups excluding tert-OH is 1. The van der Waals surface area contributed by atoms with Crippen LogP contribution < -0.4 is 0 Å². The van der Waals surface area contributed by atoms with Crippen molar-refractivity contribution in [3.63, 3.8) is 0 Å². The van der Waals surface area contributed by atoms with Crippen molar-refractivity contribution in [2.24, 2.45) is 0 Å². The molecular weight excluding hydrogens is 194 g/mol. The van der Waals surface area contributed by atoms with Gasteiger partial charge in [-0.3, -0.25) is 0 Å². The van der Waals surface area contributed by atoms with E-state index < -0.39 is 12.1 Å². The highest BCUT2D eigenvalue weighted by Gasteiger charge is 2.29. The maximum atomic E-state index is 10.6. The second-order valence-corrected chi connectivity index (χ2v) is 3.44. The monoisotopic (exact) mass is 201 g/mol. The van der Waals surface area contributed by atoms with Gasteiger partial charge in [-0.2, -0.15) is 0 Å². The molecule has 0 fully saturated rings. The Morgan fingerprint density at radius 2 is 2.31 bits per heavy atom. The van der Waals surface area contributed by atoms with Crippen molar-refractivity contribution in [2.45, 2.75) is 18.9 Å². The Morgan fingerprint density at radius 3 is 2.85 bits per heavy atom. The molecular formula is C8H8ClNO3. The highest BCUT2D eigenvalue weighted by atomic mass is 35.5. The minimum absolute atomic E-state index is 0.0228. The van der Waals surface area contributed by atoms with E-state index in [2.05, 4.69) is 4.98 Å². The van der Waals surface area contributed by atoms with Crippen LogP contribution in [0.1, 0.15) is 34.3 Å². The molecule has 0 saturated heterocycles. The number of hydrogen-bond donors (Lipinski definition) is 3. The van der Waals surface area contributed by atoms with E-state index in [0.29, 0.717) is 18.4 Å². The standard InChI is InChI=1S/C8H8ClNO3/c9-6-5-3(1-2-4(5)11)10-7(6)8(12)13/h4,10-11H,1-2H2,(H,12,13). The number of carboxylic acid groups (broad SMARTS) is 1. The van der Waals surface area contributed by atoms with Gasteiger partial charge in [0.15, 0.2) is 0 Å². The van der Waals surface area contributed by atoms with Crippen LogP contribution in [-0.2, 0) is 6.42 Å². The molecule has 0 saturated carbocycles. The number of aromatic amines is 1. The summed E-state index contributed by atoms with van der Waals surface area (Å²) in [5.41, 5.74) is 1.28. The van der Waals surface area contributed by atoms with E-state index in [4.69, 9.17) is 16.7 Å². The van der Waals surface area contributed by atoms with Crippen LogP contribution in [0, 0.1) is 0 Å². The van der Waals surface area contributed by atoms with Crippen LogP contribution in [0.15, 0.2) is 0 Å². The minimum Gasteiger partial charge on any atom is -0.477 e. The van der Waals surface area contributed by atoms with Crippen molar-refractivity contribution in [3.8, 4) is 0 Å². The van der Waals surface area contributed by atoms with Gasteiger partial charge in [0.05, 0.1) is 11.1 Å². The van der Waals surface area contributed by atoms with Crippen LogP contribution in [0.4, 0.5) is 0 Å². The quantitative estimate of drug-likeness (QED) is 0.642. The molecule has 1 heterocycles. The fraction of sp³-hybridized carbons (Fsp3) is 0.375. The molecule has 4 nitrogen and oxygen atoms in total. The third kappa shape index (κ3) is 1.14. The lowest BCUT2D eigenvalue weighted by atomic mass is 10.2. The molecule has 0 aliphatic heterocycles. The number of aromatic nitrogens is 1. The van der Waals surface area contributed by atoms with Crippen LogP contribution in [0.2, 0.25) is 5.02 Å². The smallest absolute Gasteiger partial charge is 0.353 e. The van der Waals surface area contributed by atoms with Gasteiger partial charge in [0, 0.05) is 11.3 Å². The summed E-state index contributed by atoms with van der Waals surface area (Å²) in [6.45, 7) is 0. The summed E-state index contributed by atoms with van der Waals surface area (Å²) in [4.78, 5) is 13.3. The normalized spacial score (nSPS) is 20.3. The van der Waals surface area contributed by atoms with E-state index in [0.717, 1.165) is 5.69 Å². The summed E-state index contributed by atoms with van der Waals surface area (Å²) in [7, 11) is 0. The average molecular weight is 202 g/mol. The van der Waals surface area contributed by atoms with Gasteiger partial charge in [-0.1, -0.05) is 11.6 Å². The Balaban J connectivity index is 2.56. The molecule has 0 spiro atoms. The molecule has 0 bridgehead atoms. The molecule has 1 aliphatic carbocycles. The van der Waals surface area contributed by atoms with Gasteiger partial charge in [-0.15, -0.1) is 0 Å². The maximum absolute atomic E-state index is 10.6. The molecule has 70 valence electrons. The molecule has 5 heteroatoms. The molecule has 13 heavy (non-hydrogen) atoms. The Labute approximate surface area is 79.1 Å². The molecule has 0 radical (unpaired) electrons. The number of nitrogens with one attached hydrogen (secondary N) is 1. The molecule has 1 aliphatic rings. The molecule has 3 N–H and O–H groups in total. The van der Waals surface area contributed by atoms with Crippen molar-refractivity contribution in [3.05, 3.63) is 22.0 Å². The van der Waals surface area contributed by atoms with Gasteiger partial charge in [0.1, 0.15) is 5.69 Å². The van der Waals surface area contributed by atoms with Gasteiger partial charge in [-0.05, 0) is 12.8 Å². The number of halogens is 1. The van der Waals surface area contributed by atoms with Crippen molar-refractivity contribution < 1.29 is 15.0 Å². The van der Waals surface area contributed by atoms with Crippen molar-refractivity contribution >= 4 is 17.6 Å². The summed E-state index contributed by atoms with van der Waals surface area (Å²) >= 11 is 5.79. The number of carbonyl (C=O) groups is 1. The number of aliphatic hydroxyl groups is 1. The first kappa shape index (κ1) is 8.59. The van der Waals surface area contributed by atoms with E-state index in [1.807, 2.05) is 0 Å². The summed E-state index contributed by atoms with van der Waals surface area (Å²) in [6, 6.07) is 0. The summed E-state index contributed by atoms with van der Waals surface area (Å²) < 4.78 is 0. The topological polar surface area (TPSA) is 73.3 Å². The number of carboxylic acids is 1. The lowest BCUT2D eigenvalue weighted by Gasteiger charge is -2.00. The second kappa shape index (κ2) is 2.75. The molecule has 1 aromatic rings. The molecule has 2 rings (SSSR count). The lowest BCUT2D eigenvalue weighted by molar-refractivity contribution is 0.0691. The third-order valence-electron chi connectivity index (χ3n) is 2.27. The zero-order valence-corrected chi connectivity index (χ0v) is 7.43. The fourth-order valence-corrected chi connectivity index (χ4v) is 2.03. The van der Waals surface area contributed by atoms with Crippen molar-refractivity contribution in [2.75, 3.05) is 0 Å². The minimum atomic E-state index is -1.09. The van der Waals surface area contributed by atoms with Crippen molar-refractivity contribution in [1.29, 1.82) is 0 Å². The Hall–Kier alpha value is -1.00.